The lowest BCUT2D eigenvalue weighted by molar-refractivity contribution is 0.531. The fourth-order valence-corrected chi connectivity index (χ4v) is 2.61. The van der Waals surface area contributed by atoms with Gasteiger partial charge in [-0.25, -0.2) is 4.98 Å². The van der Waals surface area contributed by atoms with E-state index in [9.17, 15) is 0 Å². The van der Waals surface area contributed by atoms with Crippen molar-refractivity contribution in [3.8, 4) is 0 Å². The van der Waals surface area contributed by atoms with Crippen molar-refractivity contribution in [1.82, 2.24) is 9.97 Å². The minimum absolute atomic E-state index is 0.205. The maximum Gasteiger partial charge on any atom is 0.145 e. The third-order valence-corrected chi connectivity index (χ3v) is 3.59. The Balaban J connectivity index is 1.90. The van der Waals surface area contributed by atoms with E-state index < -0.39 is 0 Å². The quantitative estimate of drug-likeness (QED) is 0.854. The molecule has 88 valence electrons. The van der Waals surface area contributed by atoms with Crippen LogP contribution in [0.4, 0.5) is 5.82 Å². The molecule has 1 fully saturated rings. The monoisotopic (exact) mass is 227 g/mol. The van der Waals surface area contributed by atoms with Crippen molar-refractivity contribution < 1.29 is 0 Å². The molecule has 0 aliphatic heterocycles. The molecule has 1 aliphatic rings. The van der Waals surface area contributed by atoms with Crippen LogP contribution < -0.4 is 5.32 Å². The van der Waals surface area contributed by atoms with Crippen molar-refractivity contribution in [2.24, 2.45) is 0 Å². The molecular weight excluding hydrogens is 210 g/mol. The summed E-state index contributed by atoms with van der Waals surface area (Å²) < 4.78 is 0. The summed E-state index contributed by atoms with van der Waals surface area (Å²) in [5.74, 6) is 0.896. The maximum absolute atomic E-state index is 4.61. The molecule has 0 bridgehead atoms. The number of hydrogen-bond donors (Lipinski definition) is 1. The molecule has 1 aromatic heterocycles. The van der Waals surface area contributed by atoms with Gasteiger partial charge in [0, 0.05) is 5.54 Å². The first-order valence-corrected chi connectivity index (χ1v) is 6.25. The molecule has 3 heteroatoms. The van der Waals surface area contributed by atoms with Crippen LogP contribution in [0.1, 0.15) is 32.6 Å². The Morgan fingerprint density at radius 3 is 2.59 bits per heavy atom. The van der Waals surface area contributed by atoms with Crippen LogP contribution in [0, 0.1) is 0 Å². The van der Waals surface area contributed by atoms with Gasteiger partial charge in [-0.2, -0.15) is 0 Å². The smallest absolute Gasteiger partial charge is 0.145 e. The minimum atomic E-state index is 0.205. The highest BCUT2D eigenvalue weighted by atomic mass is 15.1. The molecule has 3 nitrogen and oxygen atoms in total. The van der Waals surface area contributed by atoms with Gasteiger partial charge < -0.3 is 5.32 Å². The number of nitrogens with zero attached hydrogens (tertiary/aromatic N) is 2. The summed E-state index contributed by atoms with van der Waals surface area (Å²) in [4.78, 5) is 9.04. The lowest BCUT2D eigenvalue weighted by Crippen LogP contribution is -2.31. The number of rotatable bonds is 2. The van der Waals surface area contributed by atoms with Crippen molar-refractivity contribution in [2.45, 2.75) is 38.1 Å². The van der Waals surface area contributed by atoms with E-state index in [1.54, 1.807) is 0 Å². The van der Waals surface area contributed by atoms with E-state index in [4.69, 9.17) is 0 Å². The Labute approximate surface area is 101 Å². The number of benzene rings is 1. The topological polar surface area (TPSA) is 37.8 Å². The lowest BCUT2D eigenvalue weighted by Gasteiger charge is -2.25. The molecule has 1 saturated carbocycles. The van der Waals surface area contributed by atoms with Crippen LogP contribution in [0.3, 0.4) is 0 Å². The summed E-state index contributed by atoms with van der Waals surface area (Å²) in [7, 11) is 0. The first-order chi connectivity index (χ1) is 8.25. The zero-order valence-corrected chi connectivity index (χ0v) is 10.1. The van der Waals surface area contributed by atoms with Crippen LogP contribution >= 0.6 is 0 Å². The molecule has 3 rings (SSSR count). The van der Waals surface area contributed by atoms with Crippen LogP contribution in [-0.4, -0.2) is 15.5 Å². The predicted octanol–water partition coefficient (Wildman–Crippen LogP) is 3.37. The molecule has 0 atom stereocenters. The third-order valence-electron chi connectivity index (χ3n) is 3.59. The van der Waals surface area contributed by atoms with Gasteiger partial charge in [-0.3, -0.25) is 4.98 Å². The summed E-state index contributed by atoms with van der Waals surface area (Å²) in [5, 5.41) is 3.54. The molecule has 1 N–H and O–H groups in total. The Bertz CT molecular complexity index is 530. The first-order valence-electron chi connectivity index (χ1n) is 6.25. The average Bonchev–Trinajstić information content (AvgIpc) is 2.76. The molecule has 1 heterocycles. The summed E-state index contributed by atoms with van der Waals surface area (Å²) in [6.07, 6.45) is 6.91. The van der Waals surface area contributed by atoms with Gasteiger partial charge in [0.05, 0.1) is 17.2 Å². The van der Waals surface area contributed by atoms with Gasteiger partial charge >= 0.3 is 0 Å². The molecule has 17 heavy (non-hydrogen) atoms. The second-order valence-electron chi connectivity index (χ2n) is 5.14. The summed E-state index contributed by atoms with van der Waals surface area (Å²) in [6, 6.07) is 7.98. The second-order valence-corrected chi connectivity index (χ2v) is 5.14. The van der Waals surface area contributed by atoms with Crippen molar-refractivity contribution in [1.29, 1.82) is 0 Å². The minimum Gasteiger partial charge on any atom is -0.364 e. The molecule has 0 unspecified atom stereocenters. The highest BCUT2D eigenvalue weighted by molar-refractivity contribution is 5.75. The van der Waals surface area contributed by atoms with E-state index in [2.05, 4.69) is 22.2 Å². The zero-order valence-electron chi connectivity index (χ0n) is 10.1. The van der Waals surface area contributed by atoms with Crippen LogP contribution in [0.25, 0.3) is 11.0 Å². The summed E-state index contributed by atoms with van der Waals surface area (Å²) in [5.41, 5.74) is 2.12. The molecule has 0 spiro atoms. The van der Waals surface area contributed by atoms with Gasteiger partial charge in [-0.15, -0.1) is 0 Å². The van der Waals surface area contributed by atoms with E-state index in [1.807, 2.05) is 30.5 Å². The SMILES string of the molecule is CC1(Nc2cnc3ccccc3n2)CCCC1. The fraction of sp³-hybridized carbons (Fsp3) is 0.429. The van der Waals surface area contributed by atoms with E-state index in [0.717, 1.165) is 16.9 Å². The molecule has 0 amide bonds. The normalized spacial score (nSPS) is 18.4. The maximum atomic E-state index is 4.61. The number of hydrogen-bond acceptors (Lipinski definition) is 3. The number of anilines is 1. The standard InChI is InChI=1S/C14H17N3/c1-14(8-4-5-9-14)17-13-10-15-11-6-2-3-7-12(11)16-13/h2-3,6-7,10H,4-5,8-9H2,1H3,(H,16,17). The summed E-state index contributed by atoms with van der Waals surface area (Å²) in [6.45, 7) is 2.27. The van der Waals surface area contributed by atoms with Gasteiger partial charge in [0.25, 0.3) is 0 Å². The first kappa shape index (κ1) is 10.5. The lowest BCUT2D eigenvalue weighted by atomic mass is 10.0. The van der Waals surface area contributed by atoms with E-state index in [-0.39, 0.29) is 5.54 Å². The zero-order chi connectivity index (χ0) is 11.7. The van der Waals surface area contributed by atoms with Crippen molar-refractivity contribution in [3.05, 3.63) is 30.5 Å². The Morgan fingerprint density at radius 2 is 1.82 bits per heavy atom. The third kappa shape index (κ3) is 2.09. The Hall–Kier alpha value is -1.64. The predicted molar refractivity (Wildman–Crippen MR) is 70.0 cm³/mol. The Kier molecular flexibility index (Phi) is 2.46. The van der Waals surface area contributed by atoms with Crippen molar-refractivity contribution >= 4 is 16.9 Å². The molecule has 2 aromatic rings. The molecule has 0 saturated heterocycles. The number of para-hydroxylation sites is 2. The van der Waals surface area contributed by atoms with Gasteiger partial charge in [-0.05, 0) is 31.9 Å². The van der Waals surface area contributed by atoms with E-state index >= 15 is 0 Å². The van der Waals surface area contributed by atoms with Gasteiger partial charge in [0.15, 0.2) is 0 Å². The highest BCUT2D eigenvalue weighted by Crippen LogP contribution is 2.32. The molecule has 1 aliphatic carbocycles. The van der Waals surface area contributed by atoms with Gasteiger partial charge in [0.2, 0.25) is 0 Å². The van der Waals surface area contributed by atoms with Crippen LogP contribution in [0.2, 0.25) is 0 Å². The number of aromatic nitrogens is 2. The number of fused-ring (bicyclic) bond motifs is 1. The van der Waals surface area contributed by atoms with Crippen LogP contribution in [-0.2, 0) is 0 Å². The average molecular weight is 227 g/mol. The highest BCUT2D eigenvalue weighted by Gasteiger charge is 2.28. The molecular formula is C14H17N3. The fourth-order valence-electron chi connectivity index (χ4n) is 2.61. The van der Waals surface area contributed by atoms with Crippen molar-refractivity contribution in [3.63, 3.8) is 0 Å². The summed E-state index contributed by atoms with van der Waals surface area (Å²) >= 11 is 0. The number of nitrogens with one attached hydrogen (secondary N) is 1. The molecule has 0 radical (unpaired) electrons. The molecule has 1 aromatic carbocycles. The Morgan fingerprint density at radius 1 is 1.12 bits per heavy atom. The van der Waals surface area contributed by atoms with Crippen LogP contribution in [0.15, 0.2) is 30.5 Å². The largest absolute Gasteiger partial charge is 0.364 e. The van der Waals surface area contributed by atoms with E-state index in [1.165, 1.54) is 25.7 Å². The van der Waals surface area contributed by atoms with Gasteiger partial charge in [-0.1, -0.05) is 25.0 Å². The van der Waals surface area contributed by atoms with Crippen LogP contribution in [0.5, 0.6) is 0 Å². The van der Waals surface area contributed by atoms with Crippen molar-refractivity contribution in [2.75, 3.05) is 5.32 Å². The van der Waals surface area contributed by atoms with Gasteiger partial charge in [0.1, 0.15) is 5.82 Å². The van der Waals surface area contributed by atoms with E-state index in [0.29, 0.717) is 0 Å². The second kappa shape index (κ2) is 3.99.